The fraction of sp³-hybridized carbons (Fsp3) is 0.250. The van der Waals surface area contributed by atoms with Crippen molar-refractivity contribution in [2.24, 2.45) is 0 Å². The maximum absolute atomic E-state index is 10.6. The Morgan fingerprint density at radius 3 is 1.82 bits per heavy atom. The van der Waals surface area contributed by atoms with Crippen molar-refractivity contribution in [1.82, 2.24) is 0 Å². The van der Waals surface area contributed by atoms with Crippen LogP contribution in [0.5, 0.6) is 0 Å². The molecule has 0 fully saturated rings. The molecular weight excluding hydrogens is 342 g/mol. The van der Waals surface area contributed by atoms with E-state index in [2.05, 4.69) is 0 Å². The molecule has 22 heavy (non-hydrogen) atoms. The van der Waals surface area contributed by atoms with Crippen molar-refractivity contribution in [2.45, 2.75) is 18.8 Å². The third kappa shape index (κ3) is 5.35. The molecule has 1 atom stereocenters. The average molecular weight is 358 g/mol. The highest BCUT2D eigenvalue weighted by atomic mass is 35.5. The van der Waals surface area contributed by atoms with Crippen LogP contribution in [-0.4, -0.2) is 11.5 Å². The molecular formula is C16H16Cl2O3P+. The lowest BCUT2D eigenvalue weighted by Gasteiger charge is -2.18. The minimum atomic E-state index is -2.53. The summed E-state index contributed by atoms with van der Waals surface area (Å²) in [6, 6.07) is 15.4. The number of rotatable bonds is 7. The van der Waals surface area contributed by atoms with Gasteiger partial charge in [-0.25, -0.2) is 0 Å². The molecule has 1 unspecified atom stereocenters. The third-order valence-corrected chi connectivity index (χ3v) is 4.29. The van der Waals surface area contributed by atoms with Crippen LogP contribution in [0.4, 0.5) is 0 Å². The average Bonchev–Trinajstić information content (AvgIpc) is 2.50. The van der Waals surface area contributed by atoms with Crippen molar-refractivity contribution >= 4 is 31.5 Å². The van der Waals surface area contributed by atoms with E-state index in [9.17, 15) is 4.57 Å². The Morgan fingerprint density at radius 1 is 0.955 bits per heavy atom. The molecule has 6 heteroatoms. The summed E-state index contributed by atoms with van der Waals surface area (Å²) in [5.41, 5.74) is 2.28. The van der Waals surface area contributed by atoms with Crippen LogP contribution in [0.25, 0.3) is 0 Å². The maximum atomic E-state index is 10.6. The maximum Gasteiger partial charge on any atom is 0.694 e. The van der Waals surface area contributed by atoms with Gasteiger partial charge in [0.25, 0.3) is 0 Å². The Morgan fingerprint density at radius 2 is 1.41 bits per heavy atom. The van der Waals surface area contributed by atoms with Crippen LogP contribution in [-0.2, 0) is 9.09 Å². The Hall–Kier alpha value is -0.960. The van der Waals surface area contributed by atoms with Crippen molar-refractivity contribution in [3.63, 3.8) is 0 Å². The Balaban J connectivity index is 2.14. The van der Waals surface area contributed by atoms with E-state index in [-0.39, 0.29) is 12.5 Å². The molecule has 3 nitrogen and oxygen atoms in total. The number of benzene rings is 2. The lowest BCUT2D eigenvalue weighted by Crippen LogP contribution is -2.03. The van der Waals surface area contributed by atoms with Gasteiger partial charge in [0, 0.05) is 20.5 Å². The molecule has 2 rings (SSSR count). The van der Waals surface area contributed by atoms with Crippen LogP contribution >= 0.6 is 31.5 Å². The highest BCUT2D eigenvalue weighted by Gasteiger charge is 2.16. The fourth-order valence-electron chi connectivity index (χ4n) is 2.35. The summed E-state index contributed by atoms with van der Waals surface area (Å²) >= 11 is 11.9. The summed E-state index contributed by atoms with van der Waals surface area (Å²) in [7, 11) is -2.53. The molecule has 0 aliphatic carbocycles. The fourth-order valence-corrected chi connectivity index (χ4v) is 2.88. The van der Waals surface area contributed by atoms with Gasteiger partial charge in [0.15, 0.2) is 0 Å². The van der Waals surface area contributed by atoms with Gasteiger partial charge >= 0.3 is 8.25 Å². The molecule has 0 spiro atoms. The smallest absolute Gasteiger partial charge is 0.133 e. The van der Waals surface area contributed by atoms with Crippen LogP contribution in [0.3, 0.4) is 0 Å². The SMILES string of the molecule is O=[P+](O)OCCCC(c1ccc(Cl)cc1)c1ccc(Cl)cc1. The molecule has 0 aliphatic rings. The van der Waals surface area contributed by atoms with Crippen molar-refractivity contribution in [1.29, 1.82) is 0 Å². The predicted molar refractivity (Wildman–Crippen MR) is 89.8 cm³/mol. The summed E-state index contributed by atoms with van der Waals surface area (Å²) in [6.45, 7) is 0.253. The monoisotopic (exact) mass is 357 g/mol. The second-order valence-electron chi connectivity index (χ2n) is 4.87. The van der Waals surface area contributed by atoms with E-state index < -0.39 is 8.25 Å². The zero-order chi connectivity index (χ0) is 15.9. The van der Waals surface area contributed by atoms with Crippen LogP contribution in [0, 0.1) is 0 Å². The second kappa shape index (κ2) is 8.61. The van der Waals surface area contributed by atoms with E-state index in [1.807, 2.05) is 48.5 Å². The Labute approximate surface area is 140 Å². The molecule has 2 aromatic rings. The largest absolute Gasteiger partial charge is 0.694 e. The van der Waals surface area contributed by atoms with Crippen LogP contribution in [0.2, 0.25) is 10.0 Å². The van der Waals surface area contributed by atoms with Crippen LogP contribution < -0.4 is 0 Å². The summed E-state index contributed by atoms with van der Waals surface area (Å²) in [5.74, 6) is 0.162. The van der Waals surface area contributed by atoms with Gasteiger partial charge in [0.1, 0.15) is 6.61 Å². The van der Waals surface area contributed by atoms with Gasteiger partial charge in [-0.2, -0.15) is 0 Å². The standard InChI is InChI=1S/C16H15Cl2O3P/c17-14-7-3-12(4-8-14)16(2-1-11-21-22(19)20)13-5-9-15(18)10-6-13/h3-10,16H,1-2,11H2/p+1. The minimum absolute atomic E-state index is 0.162. The van der Waals surface area contributed by atoms with Gasteiger partial charge in [-0.3, -0.25) is 0 Å². The van der Waals surface area contributed by atoms with E-state index in [4.69, 9.17) is 32.6 Å². The van der Waals surface area contributed by atoms with Gasteiger partial charge in [0.2, 0.25) is 0 Å². The minimum Gasteiger partial charge on any atom is -0.133 e. The topological polar surface area (TPSA) is 46.5 Å². The van der Waals surface area contributed by atoms with Gasteiger partial charge in [-0.1, -0.05) is 47.5 Å². The van der Waals surface area contributed by atoms with E-state index in [1.54, 1.807) is 0 Å². The molecule has 1 N–H and O–H groups in total. The van der Waals surface area contributed by atoms with Crippen LogP contribution in [0.15, 0.2) is 48.5 Å². The summed E-state index contributed by atoms with van der Waals surface area (Å²) in [5, 5.41) is 1.39. The van der Waals surface area contributed by atoms with Crippen molar-refractivity contribution < 1.29 is 14.0 Å². The van der Waals surface area contributed by atoms with E-state index >= 15 is 0 Å². The molecule has 0 aliphatic heterocycles. The van der Waals surface area contributed by atoms with Crippen LogP contribution in [0.1, 0.15) is 29.9 Å². The molecule has 116 valence electrons. The normalized spacial score (nSPS) is 11.7. The van der Waals surface area contributed by atoms with Gasteiger partial charge in [0.05, 0.1) is 0 Å². The lowest BCUT2D eigenvalue weighted by molar-refractivity contribution is 0.273. The number of halogens is 2. The Kier molecular flexibility index (Phi) is 6.81. The first-order chi connectivity index (χ1) is 10.6. The molecule has 2 aromatic carbocycles. The lowest BCUT2D eigenvalue weighted by atomic mass is 9.87. The first-order valence-corrected chi connectivity index (χ1v) is 8.75. The first kappa shape index (κ1) is 17.4. The van der Waals surface area contributed by atoms with Crippen molar-refractivity contribution in [3.8, 4) is 0 Å². The predicted octanol–water partition coefficient (Wildman–Crippen LogP) is 5.57. The van der Waals surface area contributed by atoms with Crippen molar-refractivity contribution in [2.75, 3.05) is 6.61 Å². The molecule has 0 radical (unpaired) electrons. The molecule has 0 amide bonds. The number of hydrogen-bond acceptors (Lipinski definition) is 2. The summed E-state index contributed by atoms with van der Waals surface area (Å²) in [4.78, 5) is 8.67. The van der Waals surface area contributed by atoms with Crippen molar-refractivity contribution in [3.05, 3.63) is 69.7 Å². The van der Waals surface area contributed by atoms with E-state index in [0.717, 1.165) is 17.5 Å². The zero-order valence-corrected chi connectivity index (χ0v) is 14.2. The summed E-state index contributed by atoms with van der Waals surface area (Å²) < 4.78 is 15.3. The van der Waals surface area contributed by atoms with Gasteiger partial charge in [-0.05, 0) is 48.2 Å². The Bertz CT molecular complexity index is 569. The van der Waals surface area contributed by atoms with Gasteiger partial charge < -0.3 is 0 Å². The molecule has 0 bridgehead atoms. The highest BCUT2D eigenvalue weighted by Crippen LogP contribution is 2.31. The highest BCUT2D eigenvalue weighted by molar-refractivity contribution is 7.32. The molecule has 0 heterocycles. The zero-order valence-electron chi connectivity index (χ0n) is 11.8. The summed E-state index contributed by atoms with van der Waals surface area (Å²) in [6.07, 6.45) is 1.48. The van der Waals surface area contributed by atoms with E-state index in [0.29, 0.717) is 16.5 Å². The number of hydrogen-bond donors (Lipinski definition) is 1. The quantitative estimate of drug-likeness (QED) is 0.520. The second-order valence-corrected chi connectivity index (χ2v) is 6.48. The third-order valence-electron chi connectivity index (χ3n) is 3.38. The first-order valence-electron chi connectivity index (χ1n) is 6.86. The van der Waals surface area contributed by atoms with E-state index in [1.165, 1.54) is 0 Å². The van der Waals surface area contributed by atoms with Gasteiger partial charge in [-0.15, -0.1) is 9.42 Å². The molecule has 0 saturated heterocycles. The molecule has 0 saturated carbocycles. The molecule has 0 aromatic heterocycles.